The first-order chi connectivity index (χ1) is 18.1. The summed E-state index contributed by atoms with van der Waals surface area (Å²) in [5, 5.41) is 18.1. The van der Waals surface area contributed by atoms with Crippen molar-refractivity contribution in [3.8, 4) is 5.75 Å². The summed E-state index contributed by atoms with van der Waals surface area (Å²) < 4.78 is 15.6. The van der Waals surface area contributed by atoms with Gasteiger partial charge in [-0.2, -0.15) is 0 Å². The lowest BCUT2D eigenvalue weighted by molar-refractivity contribution is 0.0819. The molecule has 1 fully saturated rings. The number of phenols is 1. The number of fused-ring (bicyclic) bond motifs is 1. The van der Waals surface area contributed by atoms with E-state index in [4.69, 9.17) is 23.2 Å². The first kappa shape index (κ1) is 25.7. The number of anilines is 1. The van der Waals surface area contributed by atoms with Crippen LogP contribution in [-0.4, -0.2) is 63.1 Å². The van der Waals surface area contributed by atoms with Crippen LogP contribution in [0.15, 0.2) is 54.7 Å². The summed E-state index contributed by atoms with van der Waals surface area (Å²) >= 11 is 12.0. The second kappa shape index (κ2) is 10.1. The minimum absolute atomic E-state index is 0.0331. The van der Waals surface area contributed by atoms with E-state index in [0.29, 0.717) is 35.7 Å². The highest BCUT2D eigenvalue weighted by atomic mass is 35.5. The minimum atomic E-state index is -0.548. The Morgan fingerprint density at radius 3 is 2.68 bits per heavy atom. The molecular weight excluding hydrogens is 534 g/mol. The Hall–Kier alpha value is -3.89. The molecule has 5 rings (SSSR count). The molecule has 0 radical (unpaired) electrons. The fraction of sp³-hybridized carbons (Fsp3) is 0.231. The van der Waals surface area contributed by atoms with E-state index in [0.717, 1.165) is 0 Å². The number of hydrogen-bond acceptors (Lipinski definition) is 6. The number of phenolic OH excluding ortho intramolecular Hbond substituents is 1. The minimum Gasteiger partial charge on any atom is -0.506 e. The monoisotopic (exact) mass is 556 g/mol. The van der Waals surface area contributed by atoms with Crippen molar-refractivity contribution in [2.75, 3.05) is 25.5 Å². The summed E-state index contributed by atoms with van der Waals surface area (Å²) in [4.78, 5) is 33.3. The highest BCUT2D eigenvalue weighted by Gasteiger charge is 2.36. The number of halogens is 3. The topological polar surface area (TPSA) is 103 Å². The van der Waals surface area contributed by atoms with Gasteiger partial charge in [0.1, 0.15) is 17.4 Å². The molecule has 0 saturated carbocycles. The van der Waals surface area contributed by atoms with Crippen LogP contribution >= 0.6 is 23.2 Å². The summed E-state index contributed by atoms with van der Waals surface area (Å²) in [5.74, 6) is -1.03. The normalized spacial score (nSPS) is 17.1. The van der Waals surface area contributed by atoms with Crippen LogP contribution in [0.3, 0.4) is 0 Å². The molecule has 12 heteroatoms. The average Bonchev–Trinajstić information content (AvgIpc) is 3.49. The molecule has 2 amide bonds. The van der Waals surface area contributed by atoms with Gasteiger partial charge in [0.25, 0.3) is 11.8 Å². The predicted octanol–water partition coefficient (Wildman–Crippen LogP) is 4.33. The van der Waals surface area contributed by atoms with Gasteiger partial charge >= 0.3 is 0 Å². The summed E-state index contributed by atoms with van der Waals surface area (Å²) in [5.41, 5.74) is 1.45. The fourth-order valence-corrected chi connectivity index (χ4v) is 5.11. The third kappa shape index (κ3) is 4.84. The Balaban J connectivity index is 1.50. The number of hydrogen-bond donors (Lipinski definition) is 2. The third-order valence-electron chi connectivity index (χ3n) is 6.41. The van der Waals surface area contributed by atoms with Crippen LogP contribution in [0, 0.1) is 5.82 Å². The molecule has 0 bridgehead atoms. The van der Waals surface area contributed by atoms with E-state index in [1.54, 1.807) is 32.3 Å². The zero-order valence-corrected chi connectivity index (χ0v) is 21.9. The molecule has 196 valence electrons. The van der Waals surface area contributed by atoms with E-state index in [9.17, 15) is 19.1 Å². The molecule has 2 N–H and O–H groups in total. The molecule has 2 aromatic heterocycles. The van der Waals surface area contributed by atoms with Gasteiger partial charge < -0.3 is 20.2 Å². The first-order valence-corrected chi connectivity index (χ1v) is 12.5. The maximum atomic E-state index is 14.2. The first-order valence-electron chi connectivity index (χ1n) is 11.7. The van der Waals surface area contributed by atoms with Gasteiger partial charge in [-0.3, -0.25) is 9.59 Å². The van der Waals surface area contributed by atoms with E-state index in [-0.39, 0.29) is 39.1 Å². The number of carbonyl (C=O) groups excluding carboxylic acids is 2. The van der Waals surface area contributed by atoms with Crippen molar-refractivity contribution in [2.45, 2.75) is 18.5 Å². The smallest absolute Gasteiger partial charge is 0.273 e. The van der Waals surface area contributed by atoms with Gasteiger partial charge in [0.15, 0.2) is 11.3 Å². The number of imidazole rings is 1. The molecule has 38 heavy (non-hydrogen) atoms. The number of aromatic nitrogens is 3. The highest BCUT2D eigenvalue weighted by Crippen LogP contribution is 2.37. The summed E-state index contributed by atoms with van der Waals surface area (Å²) in [7, 11) is 3.29. The number of aromatic hydroxyl groups is 1. The standard InChI is InChI=1S/C26H23Cl2FN6O3/c1-33(2)26(38)21-12-30-22-6-7-23(32-35(21)22)34-13-17(11-20(34)14-4-3-5-16(29)8-14)31-25(37)18-9-15(27)10-19(28)24(18)36/h3-10,12,17,20,36H,11,13H2,1-2H3,(H,31,37)/t17-,20+/m0/s1. The largest absolute Gasteiger partial charge is 0.506 e. The third-order valence-corrected chi connectivity index (χ3v) is 6.92. The van der Waals surface area contributed by atoms with Gasteiger partial charge in [0.05, 0.1) is 22.8 Å². The Morgan fingerprint density at radius 1 is 1.16 bits per heavy atom. The number of amides is 2. The highest BCUT2D eigenvalue weighted by molar-refractivity contribution is 6.36. The van der Waals surface area contributed by atoms with Crippen molar-refractivity contribution in [3.63, 3.8) is 0 Å². The second-order valence-electron chi connectivity index (χ2n) is 9.22. The van der Waals surface area contributed by atoms with E-state index in [1.807, 2.05) is 11.0 Å². The van der Waals surface area contributed by atoms with Gasteiger partial charge in [-0.05, 0) is 48.4 Å². The van der Waals surface area contributed by atoms with Gasteiger partial charge in [0, 0.05) is 31.7 Å². The Bertz CT molecular complexity index is 1560. The number of nitrogens with one attached hydrogen (secondary N) is 1. The molecule has 4 aromatic rings. The lowest BCUT2D eigenvalue weighted by Gasteiger charge is -2.26. The molecule has 0 aliphatic carbocycles. The molecule has 1 saturated heterocycles. The Labute approximate surface area is 227 Å². The molecule has 0 spiro atoms. The average molecular weight is 557 g/mol. The van der Waals surface area contributed by atoms with E-state index in [2.05, 4.69) is 15.4 Å². The summed E-state index contributed by atoms with van der Waals surface area (Å²) in [6, 6.07) is 11.7. The summed E-state index contributed by atoms with van der Waals surface area (Å²) in [6.45, 7) is 0.326. The van der Waals surface area contributed by atoms with Crippen molar-refractivity contribution in [2.24, 2.45) is 0 Å². The van der Waals surface area contributed by atoms with Crippen LogP contribution in [0.2, 0.25) is 10.0 Å². The molecule has 9 nitrogen and oxygen atoms in total. The molecular formula is C26H23Cl2FN6O3. The van der Waals surface area contributed by atoms with E-state index in [1.165, 1.54) is 39.9 Å². The van der Waals surface area contributed by atoms with Crippen LogP contribution in [0.4, 0.5) is 10.2 Å². The zero-order valence-electron chi connectivity index (χ0n) is 20.4. The number of rotatable bonds is 5. The number of benzene rings is 2. The molecule has 1 aliphatic rings. The van der Waals surface area contributed by atoms with Crippen LogP contribution in [-0.2, 0) is 0 Å². The molecule has 2 atom stereocenters. The van der Waals surface area contributed by atoms with Crippen LogP contribution in [0.25, 0.3) is 5.65 Å². The van der Waals surface area contributed by atoms with Gasteiger partial charge in [0.2, 0.25) is 0 Å². The Morgan fingerprint density at radius 2 is 1.95 bits per heavy atom. The van der Waals surface area contributed by atoms with Crippen LogP contribution in [0.1, 0.15) is 38.9 Å². The zero-order chi connectivity index (χ0) is 27.1. The lowest BCUT2D eigenvalue weighted by Crippen LogP contribution is -2.37. The van der Waals surface area contributed by atoms with Gasteiger partial charge in [-0.25, -0.2) is 13.9 Å². The van der Waals surface area contributed by atoms with Crippen LogP contribution < -0.4 is 10.2 Å². The van der Waals surface area contributed by atoms with Crippen molar-refractivity contribution in [3.05, 3.63) is 87.4 Å². The lowest BCUT2D eigenvalue weighted by atomic mass is 10.0. The second-order valence-corrected chi connectivity index (χ2v) is 10.1. The number of nitrogens with zero attached hydrogens (tertiary/aromatic N) is 5. The molecule has 1 aliphatic heterocycles. The molecule has 2 aromatic carbocycles. The maximum Gasteiger partial charge on any atom is 0.273 e. The quantitative estimate of drug-likeness (QED) is 0.379. The fourth-order valence-electron chi connectivity index (χ4n) is 4.62. The molecule has 3 heterocycles. The summed E-state index contributed by atoms with van der Waals surface area (Å²) in [6.07, 6.45) is 1.89. The SMILES string of the molecule is CN(C)C(=O)c1cnc2ccc(N3C[C@@H](NC(=O)c4cc(Cl)cc(Cl)c4O)C[C@@H]3c3cccc(F)c3)nn12. The predicted molar refractivity (Wildman–Crippen MR) is 141 cm³/mol. The van der Waals surface area contributed by atoms with Gasteiger partial charge in [-0.15, -0.1) is 5.10 Å². The van der Waals surface area contributed by atoms with E-state index >= 15 is 0 Å². The number of carbonyl (C=O) groups is 2. The Kier molecular flexibility index (Phi) is 6.85. The molecule has 0 unspecified atom stereocenters. The van der Waals surface area contributed by atoms with Crippen LogP contribution in [0.5, 0.6) is 5.75 Å². The van der Waals surface area contributed by atoms with Crippen molar-refractivity contribution in [1.82, 2.24) is 24.8 Å². The maximum absolute atomic E-state index is 14.2. The van der Waals surface area contributed by atoms with Crippen molar-refractivity contribution < 1.29 is 19.1 Å². The van der Waals surface area contributed by atoms with Crippen molar-refractivity contribution in [1.29, 1.82) is 0 Å². The van der Waals surface area contributed by atoms with E-state index < -0.39 is 11.9 Å². The van der Waals surface area contributed by atoms with Crippen molar-refractivity contribution >= 4 is 46.5 Å². The van der Waals surface area contributed by atoms with Gasteiger partial charge in [-0.1, -0.05) is 35.3 Å².